The first kappa shape index (κ1) is 21.7. The summed E-state index contributed by atoms with van der Waals surface area (Å²) in [6.45, 7) is 6.55. The molecule has 1 fully saturated rings. The van der Waals surface area contributed by atoms with Gasteiger partial charge in [-0.15, -0.1) is 0 Å². The number of nitrogens with one attached hydrogen (secondary N) is 1. The molecular formula is C22H27F2N3OS. The third-order valence-electron chi connectivity index (χ3n) is 5.24. The van der Waals surface area contributed by atoms with Crippen LogP contribution in [0.3, 0.4) is 0 Å². The van der Waals surface area contributed by atoms with Crippen molar-refractivity contribution in [2.75, 3.05) is 38.0 Å². The second-order valence-electron chi connectivity index (χ2n) is 7.18. The third kappa shape index (κ3) is 6.80. The number of rotatable bonds is 8. The van der Waals surface area contributed by atoms with E-state index < -0.39 is 5.76 Å². The fourth-order valence-electron chi connectivity index (χ4n) is 3.44. The lowest BCUT2D eigenvalue weighted by Crippen LogP contribution is -2.53. The molecule has 156 valence electrons. The molecule has 7 heteroatoms. The van der Waals surface area contributed by atoms with Crippen LogP contribution in [-0.4, -0.2) is 60.2 Å². The highest BCUT2D eigenvalue weighted by Crippen LogP contribution is 2.26. The van der Waals surface area contributed by atoms with E-state index in [2.05, 4.69) is 39.4 Å². The molecule has 1 heterocycles. The van der Waals surface area contributed by atoms with Crippen LogP contribution < -0.4 is 5.32 Å². The number of anilines is 1. The van der Waals surface area contributed by atoms with E-state index in [0.717, 1.165) is 39.1 Å². The number of halogens is 2. The first-order valence-corrected chi connectivity index (χ1v) is 10.8. The zero-order valence-electron chi connectivity index (χ0n) is 16.6. The predicted molar refractivity (Wildman–Crippen MR) is 115 cm³/mol. The molecule has 0 radical (unpaired) electrons. The number of benzene rings is 2. The Morgan fingerprint density at radius 3 is 2.31 bits per heavy atom. The topological polar surface area (TPSA) is 35.6 Å². The molecule has 2 aromatic carbocycles. The summed E-state index contributed by atoms with van der Waals surface area (Å²) in [5.41, 5.74) is 1.97. The maximum absolute atomic E-state index is 12.6. The predicted octanol–water partition coefficient (Wildman–Crippen LogP) is 4.19. The molecule has 0 aromatic heterocycles. The summed E-state index contributed by atoms with van der Waals surface area (Å²) in [4.78, 5) is 17.7. The zero-order valence-corrected chi connectivity index (χ0v) is 17.4. The lowest BCUT2D eigenvalue weighted by Gasteiger charge is -2.37. The van der Waals surface area contributed by atoms with E-state index in [4.69, 9.17) is 0 Å². The molecular weight excluding hydrogens is 392 g/mol. The van der Waals surface area contributed by atoms with Crippen LogP contribution in [0.4, 0.5) is 14.5 Å². The molecule has 2 aromatic rings. The van der Waals surface area contributed by atoms with Crippen LogP contribution >= 0.6 is 11.8 Å². The molecule has 1 N–H and O–H groups in total. The molecule has 1 atom stereocenters. The summed E-state index contributed by atoms with van der Waals surface area (Å²) in [5, 5.41) is 2.89. The standard InChI is InChI=1S/C22H27F2N3OS/c1-17(21(28)25-19-7-9-20(10-8-19)29-22(23)24)27-15-13-26(14-16-27)12-11-18-5-3-2-4-6-18/h2-10,17,22H,11-16H2,1H3,(H,25,28)/t17-/m1/s1. The minimum atomic E-state index is -2.44. The zero-order chi connectivity index (χ0) is 20.6. The highest BCUT2D eigenvalue weighted by Gasteiger charge is 2.25. The van der Waals surface area contributed by atoms with Crippen LogP contribution in [0.5, 0.6) is 0 Å². The summed E-state index contributed by atoms with van der Waals surface area (Å²) >= 11 is 0.499. The van der Waals surface area contributed by atoms with Gasteiger partial charge in [-0.2, -0.15) is 8.78 Å². The molecule has 1 amide bonds. The van der Waals surface area contributed by atoms with Gasteiger partial charge >= 0.3 is 0 Å². The number of carbonyl (C=O) groups is 1. The normalized spacial score (nSPS) is 16.7. The second kappa shape index (κ2) is 10.7. The largest absolute Gasteiger partial charge is 0.325 e. The number of carbonyl (C=O) groups excluding carboxylic acids is 1. The van der Waals surface area contributed by atoms with Crippen LogP contribution in [0.15, 0.2) is 59.5 Å². The van der Waals surface area contributed by atoms with Crippen LogP contribution in [-0.2, 0) is 11.2 Å². The van der Waals surface area contributed by atoms with E-state index in [-0.39, 0.29) is 11.9 Å². The molecule has 0 bridgehead atoms. The molecule has 1 saturated heterocycles. The number of nitrogens with zero attached hydrogens (tertiary/aromatic N) is 2. The monoisotopic (exact) mass is 419 g/mol. The Bertz CT molecular complexity index is 765. The number of piperazine rings is 1. The first-order chi connectivity index (χ1) is 14.0. The summed E-state index contributed by atoms with van der Waals surface area (Å²) in [5.74, 6) is -2.51. The number of thioether (sulfide) groups is 1. The Hall–Kier alpha value is -1.96. The van der Waals surface area contributed by atoms with E-state index >= 15 is 0 Å². The molecule has 0 spiro atoms. The van der Waals surface area contributed by atoms with E-state index in [9.17, 15) is 13.6 Å². The first-order valence-electron chi connectivity index (χ1n) is 9.87. The fourth-order valence-corrected chi connectivity index (χ4v) is 3.94. The third-order valence-corrected chi connectivity index (χ3v) is 5.96. The van der Waals surface area contributed by atoms with Gasteiger partial charge in [-0.3, -0.25) is 9.69 Å². The van der Waals surface area contributed by atoms with Gasteiger partial charge in [-0.25, -0.2) is 0 Å². The smallest absolute Gasteiger partial charge is 0.288 e. The quantitative estimate of drug-likeness (QED) is 0.651. The maximum Gasteiger partial charge on any atom is 0.288 e. The minimum Gasteiger partial charge on any atom is -0.325 e. The van der Waals surface area contributed by atoms with Gasteiger partial charge in [0.25, 0.3) is 5.76 Å². The molecule has 3 rings (SSSR count). The second-order valence-corrected chi connectivity index (χ2v) is 8.24. The fraction of sp³-hybridized carbons (Fsp3) is 0.409. The molecule has 4 nitrogen and oxygen atoms in total. The molecule has 1 aliphatic rings. The Morgan fingerprint density at radius 1 is 1.03 bits per heavy atom. The molecule has 0 saturated carbocycles. The Morgan fingerprint density at radius 2 is 1.69 bits per heavy atom. The molecule has 0 unspecified atom stereocenters. The van der Waals surface area contributed by atoms with Crippen molar-refractivity contribution in [3.05, 3.63) is 60.2 Å². The summed E-state index contributed by atoms with van der Waals surface area (Å²) in [6, 6.07) is 16.8. The van der Waals surface area contributed by atoms with Crippen molar-refractivity contribution in [1.29, 1.82) is 0 Å². The van der Waals surface area contributed by atoms with Crippen LogP contribution in [0, 0.1) is 0 Å². The summed E-state index contributed by atoms with van der Waals surface area (Å²) in [7, 11) is 0. The van der Waals surface area contributed by atoms with Crippen molar-refractivity contribution in [3.63, 3.8) is 0 Å². The minimum absolute atomic E-state index is 0.0722. The molecule has 1 aliphatic heterocycles. The van der Waals surface area contributed by atoms with Crippen molar-refractivity contribution in [2.24, 2.45) is 0 Å². The Kier molecular flexibility index (Phi) is 8.03. The number of alkyl halides is 2. The van der Waals surface area contributed by atoms with Crippen molar-refractivity contribution >= 4 is 23.4 Å². The highest BCUT2D eigenvalue weighted by molar-refractivity contribution is 7.99. The lowest BCUT2D eigenvalue weighted by atomic mass is 10.1. The van der Waals surface area contributed by atoms with Gasteiger partial charge in [0.2, 0.25) is 5.91 Å². The Balaban J connectivity index is 1.42. The number of hydrogen-bond acceptors (Lipinski definition) is 4. The van der Waals surface area contributed by atoms with Crippen molar-refractivity contribution in [3.8, 4) is 0 Å². The van der Waals surface area contributed by atoms with Crippen molar-refractivity contribution < 1.29 is 13.6 Å². The molecule has 0 aliphatic carbocycles. The van der Waals surface area contributed by atoms with Gasteiger partial charge < -0.3 is 10.2 Å². The van der Waals surface area contributed by atoms with Gasteiger partial charge in [0.15, 0.2) is 0 Å². The van der Waals surface area contributed by atoms with Crippen molar-refractivity contribution in [1.82, 2.24) is 9.80 Å². The van der Waals surface area contributed by atoms with Gasteiger partial charge in [0.05, 0.1) is 6.04 Å². The highest BCUT2D eigenvalue weighted by atomic mass is 32.2. The SMILES string of the molecule is C[C@H](C(=O)Nc1ccc(SC(F)F)cc1)N1CCN(CCc2ccccc2)CC1. The summed E-state index contributed by atoms with van der Waals surface area (Å²) in [6.07, 6.45) is 1.04. The maximum atomic E-state index is 12.6. The van der Waals surface area contributed by atoms with E-state index in [0.29, 0.717) is 22.3 Å². The van der Waals surface area contributed by atoms with E-state index in [1.807, 2.05) is 13.0 Å². The lowest BCUT2D eigenvalue weighted by molar-refractivity contribution is -0.121. The van der Waals surface area contributed by atoms with Gasteiger partial charge in [0, 0.05) is 43.3 Å². The van der Waals surface area contributed by atoms with Crippen molar-refractivity contribution in [2.45, 2.75) is 30.0 Å². The van der Waals surface area contributed by atoms with E-state index in [1.165, 1.54) is 5.56 Å². The average molecular weight is 420 g/mol. The van der Waals surface area contributed by atoms with Crippen LogP contribution in [0.25, 0.3) is 0 Å². The van der Waals surface area contributed by atoms with Crippen LogP contribution in [0.1, 0.15) is 12.5 Å². The molecule has 29 heavy (non-hydrogen) atoms. The van der Waals surface area contributed by atoms with E-state index in [1.54, 1.807) is 24.3 Å². The number of hydrogen-bond donors (Lipinski definition) is 1. The average Bonchev–Trinajstić information content (AvgIpc) is 2.74. The Labute approximate surface area is 175 Å². The van der Waals surface area contributed by atoms with Gasteiger partial charge in [-0.05, 0) is 43.2 Å². The van der Waals surface area contributed by atoms with Crippen LogP contribution in [0.2, 0.25) is 0 Å². The summed E-state index contributed by atoms with van der Waals surface area (Å²) < 4.78 is 24.8. The van der Waals surface area contributed by atoms with Gasteiger partial charge in [-0.1, -0.05) is 42.1 Å². The van der Waals surface area contributed by atoms with Gasteiger partial charge in [0.1, 0.15) is 0 Å². The number of amides is 1.